The number of ether oxygens (including phenoxy) is 2. The second-order valence-corrected chi connectivity index (χ2v) is 6.71. The maximum atomic E-state index is 14.1. The molecule has 138 valence electrons. The first-order chi connectivity index (χ1) is 12.1. The standard InChI is InChI=1S/C18H26FN3O3/c1-24-13-18(2-4-20-5-3-18)17(23)21-15-10-14(19)11-16(12-15)22-6-8-25-9-7-22/h10-12,20H,2-9,13H2,1H3,(H,21,23). The molecule has 2 heterocycles. The molecule has 0 atom stereocenters. The minimum Gasteiger partial charge on any atom is -0.384 e. The number of halogens is 1. The molecule has 1 amide bonds. The Balaban J connectivity index is 1.76. The van der Waals surface area contributed by atoms with Crippen molar-refractivity contribution in [3.05, 3.63) is 24.0 Å². The van der Waals surface area contributed by atoms with Crippen molar-refractivity contribution in [2.24, 2.45) is 5.41 Å². The maximum absolute atomic E-state index is 14.1. The average Bonchev–Trinajstić information content (AvgIpc) is 2.63. The van der Waals surface area contributed by atoms with Crippen LogP contribution in [0, 0.1) is 11.2 Å². The molecule has 1 aromatic rings. The highest BCUT2D eigenvalue weighted by Crippen LogP contribution is 2.32. The summed E-state index contributed by atoms with van der Waals surface area (Å²) < 4.78 is 24.7. The summed E-state index contributed by atoms with van der Waals surface area (Å²) in [7, 11) is 1.61. The monoisotopic (exact) mass is 351 g/mol. The SMILES string of the molecule is COCC1(C(=O)Nc2cc(F)cc(N3CCOCC3)c2)CCNCC1. The van der Waals surface area contributed by atoms with Crippen LogP contribution in [0.2, 0.25) is 0 Å². The van der Waals surface area contributed by atoms with E-state index in [1.54, 1.807) is 7.11 Å². The van der Waals surface area contributed by atoms with E-state index in [0.717, 1.165) is 31.9 Å². The quantitative estimate of drug-likeness (QED) is 0.844. The highest BCUT2D eigenvalue weighted by molar-refractivity contribution is 5.96. The number of morpholine rings is 1. The molecule has 2 fully saturated rings. The Morgan fingerprint density at radius 2 is 2.04 bits per heavy atom. The van der Waals surface area contributed by atoms with Crippen LogP contribution in [0.4, 0.5) is 15.8 Å². The van der Waals surface area contributed by atoms with Crippen LogP contribution < -0.4 is 15.5 Å². The minimum absolute atomic E-state index is 0.102. The van der Waals surface area contributed by atoms with Gasteiger partial charge in [0.25, 0.3) is 0 Å². The van der Waals surface area contributed by atoms with Crippen LogP contribution >= 0.6 is 0 Å². The predicted octanol–water partition coefficient (Wildman–Crippen LogP) is 1.62. The molecule has 2 saturated heterocycles. The summed E-state index contributed by atoms with van der Waals surface area (Å²) >= 11 is 0. The number of piperidine rings is 1. The third-order valence-electron chi connectivity index (χ3n) is 4.98. The van der Waals surface area contributed by atoms with Gasteiger partial charge in [-0.15, -0.1) is 0 Å². The van der Waals surface area contributed by atoms with Crippen molar-refractivity contribution < 1.29 is 18.7 Å². The highest BCUT2D eigenvalue weighted by atomic mass is 19.1. The second-order valence-electron chi connectivity index (χ2n) is 6.71. The molecule has 1 aromatic carbocycles. The summed E-state index contributed by atoms with van der Waals surface area (Å²) in [6, 6.07) is 4.69. The van der Waals surface area contributed by atoms with Gasteiger partial charge >= 0.3 is 0 Å². The number of rotatable bonds is 5. The lowest BCUT2D eigenvalue weighted by Crippen LogP contribution is -2.47. The summed E-state index contributed by atoms with van der Waals surface area (Å²) in [4.78, 5) is 15.0. The number of hydrogen-bond donors (Lipinski definition) is 2. The molecular formula is C18H26FN3O3. The Labute approximate surface area is 147 Å². The van der Waals surface area contributed by atoms with Gasteiger partial charge in [-0.2, -0.15) is 0 Å². The summed E-state index contributed by atoms with van der Waals surface area (Å²) in [5, 5.41) is 6.18. The third kappa shape index (κ3) is 4.29. The lowest BCUT2D eigenvalue weighted by molar-refractivity contribution is -0.130. The van der Waals surface area contributed by atoms with Crippen molar-refractivity contribution in [3.8, 4) is 0 Å². The molecule has 0 bridgehead atoms. The molecule has 25 heavy (non-hydrogen) atoms. The molecule has 2 aliphatic heterocycles. The number of benzene rings is 1. The topological polar surface area (TPSA) is 62.8 Å². The second kappa shape index (κ2) is 8.12. The maximum Gasteiger partial charge on any atom is 0.233 e. The van der Waals surface area contributed by atoms with Crippen LogP contribution in [0.25, 0.3) is 0 Å². The number of amides is 1. The molecule has 0 spiro atoms. The van der Waals surface area contributed by atoms with Crippen molar-refractivity contribution >= 4 is 17.3 Å². The zero-order valence-electron chi connectivity index (χ0n) is 14.6. The zero-order valence-corrected chi connectivity index (χ0v) is 14.6. The van der Waals surface area contributed by atoms with Gasteiger partial charge in [0.1, 0.15) is 5.82 Å². The first-order valence-electron chi connectivity index (χ1n) is 8.77. The van der Waals surface area contributed by atoms with Gasteiger partial charge in [0.05, 0.1) is 25.2 Å². The van der Waals surface area contributed by atoms with Gasteiger partial charge in [0.15, 0.2) is 0 Å². The van der Waals surface area contributed by atoms with Crippen LogP contribution in [0.3, 0.4) is 0 Å². The van der Waals surface area contributed by atoms with Gasteiger partial charge in [-0.3, -0.25) is 4.79 Å². The van der Waals surface area contributed by atoms with E-state index in [9.17, 15) is 9.18 Å². The van der Waals surface area contributed by atoms with E-state index >= 15 is 0 Å². The van der Waals surface area contributed by atoms with Crippen LogP contribution in [-0.2, 0) is 14.3 Å². The first-order valence-corrected chi connectivity index (χ1v) is 8.77. The Morgan fingerprint density at radius 3 is 2.72 bits per heavy atom. The molecule has 7 heteroatoms. The molecule has 3 rings (SSSR count). The van der Waals surface area contributed by atoms with Gasteiger partial charge < -0.3 is 25.0 Å². The Hall–Kier alpha value is -1.70. The van der Waals surface area contributed by atoms with Gasteiger partial charge in [0, 0.05) is 31.6 Å². The number of carbonyl (C=O) groups is 1. The molecule has 0 aromatic heterocycles. The highest BCUT2D eigenvalue weighted by Gasteiger charge is 2.39. The summed E-state index contributed by atoms with van der Waals surface area (Å²) in [5.74, 6) is -0.459. The first kappa shape index (κ1) is 18.1. The van der Waals surface area contributed by atoms with Crippen LogP contribution in [0.1, 0.15) is 12.8 Å². The molecule has 0 radical (unpaired) electrons. The van der Waals surface area contributed by atoms with Gasteiger partial charge in [-0.1, -0.05) is 0 Å². The molecule has 2 aliphatic rings. The van der Waals surface area contributed by atoms with Crippen molar-refractivity contribution in [3.63, 3.8) is 0 Å². The Bertz CT molecular complexity index is 594. The van der Waals surface area contributed by atoms with Crippen LogP contribution in [-0.4, -0.2) is 59.0 Å². The number of carbonyl (C=O) groups excluding carboxylic acids is 1. The van der Waals surface area contributed by atoms with E-state index in [-0.39, 0.29) is 11.7 Å². The molecule has 2 N–H and O–H groups in total. The zero-order chi connectivity index (χ0) is 17.7. The number of nitrogens with zero attached hydrogens (tertiary/aromatic N) is 1. The number of hydrogen-bond acceptors (Lipinski definition) is 5. The van der Waals surface area contributed by atoms with Crippen molar-refractivity contribution in [1.29, 1.82) is 0 Å². The largest absolute Gasteiger partial charge is 0.384 e. The molecule has 6 nitrogen and oxygen atoms in total. The van der Waals surface area contributed by atoms with Crippen molar-refractivity contribution in [2.75, 3.05) is 63.3 Å². The number of nitrogens with one attached hydrogen (secondary N) is 2. The Morgan fingerprint density at radius 1 is 1.32 bits per heavy atom. The van der Waals surface area contributed by atoms with Crippen molar-refractivity contribution in [2.45, 2.75) is 12.8 Å². The van der Waals surface area contributed by atoms with E-state index in [1.165, 1.54) is 12.1 Å². The van der Waals surface area contributed by atoms with Gasteiger partial charge in [0.2, 0.25) is 5.91 Å². The van der Waals surface area contributed by atoms with E-state index < -0.39 is 5.41 Å². The molecule has 0 saturated carbocycles. The fourth-order valence-corrected chi connectivity index (χ4v) is 3.53. The summed E-state index contributed by atoms with van der Waals surface area (Å²) in [6.07, 6.45) is 1.41. The fraction of sp³-hybridized carbons (Fsp3) is 0.611. The lowest BCUT2D eigenvalue weighted by atomic mass is 9.78. The van der Waals surface area contributed by atoms with E-state index in [0.29, 0.717) is 38.3 Å². The minimum atomic E-state index is -0.564. The molecule has 0 unspecified atom stereocenters. The smallest absolute Gasteiger partial charge is 0.233 e. The number of methoxy groups -OCH3 is 1. The Kier molecular flexibility index (Phi) is 5.88. The molecular weight excluding hydrogens is 325 g/mol. The number of anilines is 2. The van der Waals surface area contributed by atoms with Gasteiger partial charge in [-0.05, 0) is 44.1 Å². The van der Waals surface area contributed by atoms with E-state index in [1.807, 2.05) is 6.07 Å². The van der Waals surface area contributed by atoms with Gasteiger partial charge in [-0.25, -0.2) is 4.39 Å². The fourth-order valence-electron chi connectivity index (χ4n) is 3.53. The van der Waals surface area contributed by atoms with Crippen LogP contribution in [0.5, 0.6) is 0 Å². The lowest BCUT2D eigenvalue weighted by Gasteiger charge is -2.35. The van der Waals surface area contributed by atoms with E-state index in [4.69, 9.17) is 9.47 Å². The van der Waals surface area contributed by atoms with Crippen LogP contribution in [0.15, 0.2) is 18.2 Å². The predicted molar refractivity (Wildman–Crippen MR) is 94.5 cm³/mol. The van der Waals surface area contributed by atoms with Crippen molar-refractivity contribution in [1.82, 2.24) is 5.32 Å². The molecule has 0 aliphatic carbocycles. The third-order valence-corrected chi connectivity index (χ3v) is 4.98. The summed E-state index contributed by atoms with van der Waals surface area (Å²) in [5.41, 5.74) is 0.691. The van der Waals surface area contributed by atoms with E-state index in [2.05, 4.69) is 15.5 Å². The normalized spacial score (nSPS) is 20.3. The summed E-state index contributed by atoms with van der Waals surface area (Å²) in [6.45, 7) is 4.61. The average molecular weight is 351 g/mol.